The minimum Gasteiger partial charge on any atom is -0.494 e. The number of carbonyl (C=O) groups is 1. The molecule has 7 heteroatoms. The van der Waals surface area contributed by atoms with E-state index in [1.165, 1.54) is 4.57 Å². The van der Waals surface area contributed by atoms with Crippen LogP contribution in [0.3, 0.4) is 0 Å². The molecule has 1 aromatic heterocycles. The van der Waals surface area contributed by atoms with E-state index < -0.39 is 11.2 Å². The number of fused-ring (bicyclic) bond motifs is 1. The number of carbonyl (C=O) groups excluding carboxylic acids is 1. The molecule has 0 atom stereocenters. The number of anilines is 1. The molecule has 162 valence electrons. The number of aryl methyl sites for hydroxylation is 1. The zero-order valence-corrected chi connectivity index (χ0v) is 17.9. The van der Waals surface area contributed by atoms with E-state index >= 15 is 0 Å². The molecule has 32 heavy (non-hydrogen) atoms. The molecule has 4 rings (SSSR count). The fourth-order valence-corrected chi connectivity index (χ4v) is 3.63. The van der Waals surface area contributed by atoms with E-state index in [9.17, 15) is 14.4 Å². The third-order valence-electron chi connectivity index (χ3n) is 5.06. The van der Waals surface area contributed by atoms with Gasteiger partial charge in [-0.1, -0.05) is 24.3 Å². The van der Waals surface area contributed by atoms with Gasteiger partial charge in [0.2, 0.25) is 5.91 Å². The zero-order valence-electron chi connectivity index (χ0n) is 17.9. The van der Waals surface area contributed by atoms with Crippen molar-refractivity contribution in [2.75, 3.05) is 11.9 Å². The Hall–Kier alpha value is -4.13. The molecule has 1 amide bonds. The molecule has 0 bridgehead atoms. The van der Waals surface area contributed by atoms with Gasteiger partial charge in [0, 0.05) is 5.69 Å². The van der Waals surface area contributed by atoms with Crippen molar-refractivity contribution in [2.24, 2.45) is 0 Å². The van der Waals surface area contributed by atoms with Gasteiger partial charge >= 0.3 is 5.69 Å². The summed E-state index contributed by atoms with van der Waals surface area (Å²) in [6.07, 6.45) is 0. The van der Waals surface area contributed by atoms with Crippen LogP contribution in [0.25, 0.3) is 16.6 Å². The van der Waals surface area contributed by atoms with Gasteiger partial charge in [-0.15, -0.1) is 0 Å². The van der Waals surface area contributed by atoms with Gasteiger partial charge in [-0.05, 0) is 67.9 Å². The quantitative estimate of drug-likeness (QED) is 0.509. The number of hydrogen-bond acceptors (Lipinski definition) is 4. The number of rotatable bonds is 6. The van der Waals surface area contributed by atoms with Crippen molar-refractivity contribution in [1.82, 2.24) is 9.13 Å². The van der Waals surface area contributed by atoms with Crippen LogP contribution in [0.15, 0.2) is 82.4 Å². The van der Waals surface area contributed by atoms with Crippen LogP contribution in [0, 0.1) is 6.92 Å². The Labute approximate surface area is 184 Å². The second-order valence-corrected chi connectivity index (χ2v) is 7.37. The van der Waals surface area contributed by atoms with Crippen LogP contribution in [0.4, 0.5) is 5.69 Å². The van der Waals surface area contributed by atoms with E-state index in [0.29, 0.717) is 34.6 Å². The van der Waals surface area contributed by atoms with Crippen molar-refractivity contribution in [2.45, 2.75) is 20.4 Å². The van der Waals surface area contributed by atoms with Crippen molar-refractivity contribution in [3.8, 4) is 11.4 Å². The van der Waals surface area contributed by atoms with Crippen LogP contribution in [0.1, 0.15) is 12.5 Å². The number of amides is 1. The minimum absolute atomic E-state index is 0.232. The van der Waals surface area contributed by atoms with Crippen LogP contribution >= 0.6 is 0 Å². The van der Waals surface area contributed by atoms with E-state index in [0.717, 1.165) is 10.1 Å². The van der Waals surface area contributed by atoms with Crippen LogP contribution < -0.4 is 21.3 Å². The predicted molar refractivity (Wildman–Crippen MR) is 125 cm³/mol. The second kappa shape index (κ2) is 8.93. The number of hydrogen-bond donors (Lipinski definition) is 1. The van der Waals surface area contributed by atoms with Gasteiger partial charge in [-0.3, -0.25) is 14.2 Å². The Morgan fingerprint density at radius 3 is 2.44 bits per heavy atom. The largest absolute Gasteiger partial charge is 0.494 e. The molecule has 0 saturated heterocycles. The van der Waals surface area contributed by atoms with Gasteiger partial charge in [0.05, 0.1) is 23.2 Å². The lowest BCUT2D eigenvalue weighted by Gasteiger charge is -2.14. The molecule has 4 aromatic rings. The minimum atomic E-state index is -0.586. The van der Waals surface area contributed by atoms with Crippen LogP contribution in [-0.4, -0.2) is 21.6 Å². The van der Waals surface area contributed by atoms with Crippen LogP contribution in [-0.2, 0) is 11.3 Å². The molecular weight excluding hydrogens is 406 g/mol. The monoisotopic (exact) mass is 429 g/mol. The number of para-hydroxylation sites is 1. The maximum absolute atomic E-state index is 13.4. The van der Waals surface area contributed by atoms with E-state index in [1.54, 1.807) is 54.6 Å². The lowest BCUT2D eigenvalue weighted by atomic mass is 10.2. The van der Waals surface area contributed by atoms with E-state index in [-0.39, 0.29) is 12.5 Å². The van der Waals surface area contributed by atoms with Crippen molar-refractivity contribution in [3.63, 3.8) is 0 Å². The normalized spacial score (nSPS) is 10.8. The Balaban J connectivity index is 1.79. The predicted octanol–water partition coefficient (Wildman–Crippen LogP) is 3.50. The highest BCUT2D eigenvalue weighted by molar-refractivity contribution is 5.91. The Morgan fingerprint density at radius 2 is 1.72 bits per heavy atom. The summed E-state index contributed by atoms with van der Waals surface area (Å²) < 4.78 is 7.84. The van der Waals surface area contributed by atoms with E-state index in [2.05, 4.69) is 5.32 Å². The molecule has 0 radical (unpaired) electrons. The highest BCUT2D eigenvalue weighted by Crippen LogP contribution is 2.15. The Kier molecular flexibility index (Phi) is 5.89. The third kappa shape index (κ3) is 4.18. The number of benzene rings is 3. The number of ether oxygens (including phenoxy) is 1. The van der Waals surface area contributed by atoms with Gasteiger partial charge in [0.15, 0.2) is 0 Å². The SMILES string of the molecule is CCOc1ccc(-n2c(=O)c3ccccc3n(CC(=O)Nc3cccc(C)c3)c2=O)cc1. The highest BCUT2D eigenvalue weighted by Gasteiger charge is 2.16. The van der Waals surface area contributed by atoms with Crippen LogP contribution in [0.2, 0.25) is 0 Å². The molecule has 1 heterocycles. The lowest BCUT2D eigenvalue weighted by molar-refractivity contribution is -0.116. The Morgan fingerprint density at radius 1 is 0.969 bits per heavy atom. The van der Waals surface area contributed by atoms with Crippen molar-refractivity contribution < 1.29 is 9.53 Å². The first kappa shape index (κ1) is 21.1. The first-order chi connectivity index (χ1) is 15.5. The summed E-state index contributed by atoms with van der Waals surface area (Å²) >= 11 is 0. The number of aromatic nitrogens is 2. The van der Waals surface area contributed by atoms with Crippen molar-refractivity contribution >= 4 is 22.5 Å². The average Bonchev–Trinajstić information content (AvgIpc) is 2.78. The molecule has 3 aromatic carbocycles. The van der Waals surface area contributed by atoms with Gasteiger partial charge < -0.3 is 10.1 Å². The van der Waals surface area contributed by atoms with Gasteiger partial charge in [0.1, 0.15) is 12.3 Å². The van der Waals surface area contributed by atoms with Gasteiger partial charge in [-0.2, -0.15) is 0 Å². The zero-order chi connectivity index (χ0) is 22.7. The molecule has 0 unspecified atom stereocenters. The molecule has 1 N–H and O–H groups in total. The molecule has 0 spiro atoms. The fraction of sp³-hybridized carbons (Fsp3) is 0.160. The summed E-state index contributed by atoms with van der Waals surface area (Å²) in [5.41, 5.74) is 1.44. The molecule has 0 aliphatic heterocycles. The molecular formula is C25H23N3O4. The summed E-state index contributed by atoms with van der Waals surface area (Å²) in [5.74, 6) is 0.280. The standard InChI is InChI=1S/C25H23N3O4/c1-3-32-20-13-11-19(12-14-20)28-24(30)21-9-4-5-10-22(21)27(25(28)31)16-23(29)26-18-8-6-7-17(2)15-18/h4-15H,3,16H2,1-2H3,(H,26,29). The summed E-state index contributed by atoms with van der Waals surface area (Å²) in [6.45, 7) is 4.09. The first-order valence-corrected chi connectivity index (χ1v) is 10.3. The molecule has 0 saturated carbocycles. The van der Waals surface area contributed by atoms with Crippen molar-refractivity contribution in [3.05, 3.63) is 99.2 Å². The smallest absolute Gasteiger partial charge is 0.336 e. The lowest BCUT2D eigenvalue weighted by Crippen LogP contribution is -2.40. The number of nitrogens with zero attached hydrogens (tertiary/aromatic N) is 2. The van der Waals surface area contributed by atoms with Crippen molar-refractivity contribution in [1.29, 1.82) is 0 Å². The van der Waals surface area contributed by atoms with E-state index in [1.807, 2.05) is 32.0 Å². The summed E-state index contributed by atoms with van der Waals surface area (Å²) in [4.78, 5) is 39.3. The molecule has 7 nitrogen and oxygen atoms in total. The Bertz CT molecular complexity index is 1400. The van der Waals surface area contributed by atoms with E-state index in [4.69, 9.17) is 4.74 Å². The van der Waals surface area contributed by atoms with Gasteiger partial charge in [0.25, 0.3) is 5.56 Å². The topological polar surface area (TPSA) is 82.3 Å². The number of nitrogens with one attached hydrogen (secondary N) is 1. The second-order valence-electron chi connectivity index (χ2n) is 7.37. The van der Waals surface area contributed by atoms with Gasteiger partial charge in [-0.25, -0.2) is 9.36 Å². The maximum Gasteiger partial charge on any atom is 0.336 e. The maximum atomic E-state index is 13.4. The average molecular weight is 429 g/mol. The summed E-state index contributed by atoms with van der Waals surface area (Å²) in [7, 11) is 0. The summed E-state index contributed by atoms with van der Waals surface area (Å²) in [6, 6.07) is 20.9. The highest BCUT2D eigenvalue weighted by atomic mass is 16.5. The fourth-order valence-electron chi connectivity index (χ4n) is 3.63. The first-order valence-electron chi connectivity index (χ1n) is 10.3. The third-order valence-corrected chi connectivity index (χ3v) is 5.06. The van der Waals surface area contributed by atoms with Crippen LogP contribution in [0.5, 0.6) is 5.75 Å². The summed E-state index contributed by atoms with van der Waals surface area (Å²) in [5, 5.41) is 3.17. The molecule has 0 aliphatic rings. The molecule has 0 aliphatic carbocycles. The molecule has 0 fully saturated rings.